The van der Waals surface area contributed by atoms with E-state index in [4.69, 9.17) is 11.6 Å². The first kappa shape index (κ1) is 10.5. The molecule has 1 heterocycles. The number of halogens is 1. The Morgan fingerprint density at radius 2 is 1.88 bits per heavy atom. The number of hydrogen-bond donors (Lipinski definition) is 0. The second-order valence-electron chi connectivity index (χ2n) is 5.06. The maximum Gasteiger partial charge on any atom is 0.136 e. The van der Waals surface area contributed by atoms with Crippen LogP contribution in [0.3, 0.4) is 0 Å². The summed E-state index contributed by atoms with van der Waals surface area (Å²) in [6.07, 6.45) is 9.83. The number of fused-ring (bicyclic) bond motifs is 1. The lowest BCUT2D eigenvalue weighted by Crippen LogP contribution is -2.06. The average molecular weight is 237 g/mol. The Kier molecular flexibility index (Phi) is 2.84. The van der Waals surface area contributed by atoms with Crippen LogP contribution >= 0.6 is 11.6 Å². The Bertz CT molecular complexity index is 397. The van der Waals surface area contributed by atoms with E-state index in [1.807, 2.05) is 0 Å². The lowest BCUT2D eigenvalue weighted by atomic mass is 10.0. The third-order valence-electron chi connectivity index (χ3n) is 3.87. The summed E-state index contributed by atoms with van der Waals surface area (Å²) in [5.74, 6) is 1.79. The number of nitrogens with zero attached hydrogens (tertiary/aromatic N) is 2. The first-order chi connectivity index (χ1) is 7.83. The standard InChI is InChI=1S/C13H17ClN2/c14-13-10-6-3-7-11(10)15-12(16-13)8-9-4-1-2-5-9/h9H,1-8H2. The van der Waals surface area contributed by atoms with Gasteiger partial charge in [0.15, 0.2) is 0 Å². The Morgan fingerprint density at radius 3 is 2.69 bits per heavy atom. The molecule has 16 heavy (non-hydrogen) atoms. The van der Waals surface area contributed by atoms with Crippen LogP contribution in [-0.2, 0) is 19.3 Å². The molecule has 0 spiro atoms. The number of aryl methyl sites for hydroxylation is 1. The molecule has 1 fully saturated rings. The summed E-state index contributed by atoms with van der Waals surface area (Å²) < 4.78 is 0. The fraction of sp³-hybridized carbons (Fsp3) is 0.692. The number of rotatable bonds is 2. The monoisotopic (exact) mass is 236 g/mol. The van der Waals surface area contributed by atoms with E-state index >= 15 is 0 Å². The van der Waals surface area contributed by atoms with Crippen molar-refractivity contribution in [3.8, 4) is 0 Å². The normalized spacial score (nSPS) is 20.3. The van der Waals surface area contributed by atoms with Gasteiger partial charge >= 0.3 is 0 Å². The molecule has 0 unspecified atom stereocenters. The van der Waals surface area contributed by atoms with E-state index in [0.29, 0.717) is 0 Å². The molecule has 0 amide bonds. The summed E-state index contributed by atoms with van der Waals surface area (Å²) in [5, 5.41) is 0.718. The predicted octanol–water partition coefficient (Wildman–Crippen LogP) is 3.35. The van der Waals surface area contributed by atoms with E-state index in [1.165, 1.54) is 43.4 Å². The number of hydrogen-bond acceptors (Lipinski definition) is 2. The van der Waals surface area contributed by atoms with Gasteiger partial charge < -0.3 is 0 Å². The molecular weight excluding hydrogens is 220 g/mol. The Balaban J connectivity index is 1.82. The summed E-state index contributed by atoms with van der Waals surface area (Å²) >= 11 is 6.21. The van der Waals surface area contributed by atoms with E-state index in [9.17, 15) is 0 Å². The van der Waals surface area contributed by atoms with Crippen LogP contribution < -0.4 is 0 Å². The van der Waals surface area contributed by atoms with Crippen LogP contribution in [0, 0.1) is 5.92 Å². The van der Waals surface area contributed by atoms with Gasteiger partial charge in [0.2, 0.25) is 0 Å². The largest absolute Gasteiger partial charge is 0.238 e. The van der Waals surface area contributed by atoms with Gasteiger partial charge in [-0.2, -0.15) is 0 Å². The molecule has 1 aromatic heterocycles. The topological polar surface area (TPSA) is 25.8 Å². The highest BCUT2D eigenvalue weighted by Crippen LogP contribution is 2.30. The van der Waals surface area contributed by atoms with Crippen molar-refractivity contribution >= 4 is 11.6 Å². The maximum absolute atomic E-state index is 6.21. The van der Waals surface area contributed by atoms with E-state index in [1.54, 1.807) is 0 Å². The molecule has 86 valence electrons. The quantitative estimate of drug-likeness (QED) is 0.736. The predicted molar refractivity (Wildman–Crippen MR) is 64.7 cm³/mol. The van der Waals surface area contributed by atoms with E-state index in [-0.39, 0.29) is 0 Å². The first-order valence-electron chi connectivity index (χ1n) is 6.37. The Morgan fingerprint density at radius 1 is 1.06 bits per heavy atom. The molecule has 3 heteroatoms. The van der Waals surface area contributed by atoms with Gasteiger partial charge in [-0.15, -0.1) is 0 Å². The van der Waals surface area contributed by atoms with Gasteiger partial charge in [0.05, 0.1) is 0 Å². The van der Waals surface area contributed by atoms with Crippen LogP contribution in [0.5, 0.6) is 0 Å². The molecule has 2 nitrogen and oxygen atoms in total. The summed E-state index contributed by atoms with van der Waals surface area (Å²) in [7, 11) is 0. The SMILES string of the molecule is Clc1nc(CC2CCCC2)nc2c1CCC2. The maximum atomic E-state index is 6.21. The van der Waals surface area contributed by atoms with Crippen molar-refractivity contribution in [2.45, 2.75) is 51.4 Å². The van der Waals surface area contributed by atoms with Crippen molar-refractivity contribution in [2.24, 2.45) is 5.92 Å². The molecular formula is C13H17ClN2. The minimum Gasteiger partial charge on any atom is -0.238 e. The Hall–Kier alpha value is -0.630. The molecule has 3 rings (SSSR count). The van der Waals surface area contributed by atoms with Crippen LogP contribution in [-0.4, -0.2) is 9.97 Å². The third kappa shape index (κ3) is 1.95. The van der Waals surface area contributed by atoms with Crippen LogP contribution in [0.2, 0.25) is 5.15 Å². The number of aromatic nitrogens is 2. The molecule has 1 aromatic rings. The summed E-state index contributed by atoms with van der Waals surface area (Å²) in [5.41, 5.74) is 2.42. The van der Waals surface area contributed by atoms with Crippen molar-refractivity contribution < 1.29 is 0 Å². The zero-order valence-electron chi connectivity index (χ0n) is 9.51. The zero-order chi connectivity index (χ0) is 11.0. The van der Waals surface area contributed by atoms with Gasteiger partial charge in [-0.05, 0) is 25.2 Å². The highest BCUT2D eigenvalue weighted by atomic mass is 35.5. The fourth-order valence-electron chi connectivity index (χ4n) is 3.00. The zero-order valence-corrected chi connectivity index (χ0v) is 10.3. The highest BCUT2D eigenvalue weighted by molar-refractivity contribution is 6.30. The molecule has 0 atom stereocenters. The van der Waals surface area contributed by atoms with Crippen LogP contribution in [0.4, 0.5) is 0 Å². The Labute approximate surface area is 101 Å². The van der Waals surface area contributed by atoms with E-state index < -0.39 is 0 Å². The van der Waals surface area contributed by atoms with Crippen molar-refractivity contribution in [1.29, 1.82) is 0 Å². The summed E-state index contributed by atoms with van der Waals surface area (Å²) in [6, 6.07) is 0. The minimum absolute atomic E-state index is 0.718. The van der Waals surface area contributed by atoms with Gasteiger partial charge in [-0.25, -0.2) is 9.97 Å². The van der Waals surface area contributed by atoms with Gasteiger partial charge in [0.1, 0.15) is 11.0 Å². The van der Waals surface area contributed by atoms with E-state index in [2.05, 4.69) is 9.97 Å². The van der Waals surface area contributed by atoms with Crippen molar-refractivity contribution in [1.82, 2.24) is 9.97 Å². The van der Waals surface area contributed by atoms with Gasteiger partial charge in [-0.3, -0.25) is 0 Å². The van der Waals surface area contributed by atoms with E-state index in [0.717, 1.165) is 36.2 Å². The van der Waals surface area contributed by atoms with Gasteiger partial charge in [0, 0.05) is 17.7 Å². The first-order valence-corrected chi connectivity index (χ1v) is 6.75. The average Bonchev–Trinajstić information content (AvgIpc) is 2.87. The summed E-state index contributed by atoms with van der Waals surface area (Å²) in [4.78, 5) is 9.14. The lowest BCUT2D eigenvalue weighted by molar-refractivity contribution is 0.529. The van der Waals surface area contributed by atoms with Crippen molar-refractivity contribution in [3.63, 3.8) is 0 Å². The molecule has 0 radical (unpaired) electrons. The second-order valence-corrected chi connectivity index (χ2v) is 5.42. The van der Waals surface area contributed by atoms with Gasteiger partial charge in [0.25, 0.3) is 0 Å². The second kappa shape index (κ2) is 4.33. The fourth-order valence-corrected chi connectivity index (χ4v) is 3.30. The highest BCUT2D eigenvalue weighted by Gasteiger charge is 2.21. The molecule has 0 aliphatic heterocycles. The molecule has 0 N–H and O–H groups in total. The minimum atomic E-state index is 0.718. The van der Waals surface area contributed by atoms with Gasteiger partial charge in [-0.1, -0.05) is 37.3 Å². The molecule has 0 bridgehead atoms. The van der Waals surface area contributed by atoms with Crippen LogP contribution in [0.25, 0.3) is 0 Å². The van der Waals surface area contributed by atoms with Crippen LogP contribution in [0.15, 0.2) is 0 Å². The van der Waals surface area contributed by atoms with Crippen LogP contribution in [0.1, 0.15) is 49.2 Å². The molecule has 1 saturated carbocycles. The molecule has 2 aliphatic carbocycles. The van der Waals surface area contributed by atoms with Crippen molar-refractivity contribution in [2.75, 3.05) is 0 Å². The molecule has 0 saturated heterocycles. The van der Waals surface area contributed by atoms with Crippen molar-refractivity contribution in [3.05, 3.63) is 22.2 Å². The lowest BCUT2D eigenvalue weighted by Gasteiger charge is -2.09. The molecule has 0 aromatic carbocycles. The summed E-state index contributed by atoms with van der Waals surface area (Å²) in [6.45, 7) is 0. The molecule has 2 aliphatic rings. The third-order valence-corrected chi connectivity index (χ3v) is 4.19. The smallest absolute Gasteiger partial charge is 0.136 e.